The Bertz CT molecular complexity index is 29.8. The van der Waals surface area contributed by atoms with E-state index in [0.717, 1.165) is 0 Å². The van der Waals surface area contributed by atoms with E-state index in [1.807, 2.05) is 0 Å². The van der Waals surface area contributed by atoms with Gasteiger partial charge in [0.25, 0.3) is 0 Å². The van der Waals surface area contributed by atoms with Gasteiger partial charge in [0, 0.05) is 0 Å². The molecule has 0 fully saturated rings. The molecule has 0 saturated heterocycles. The first-order valence-corrected chi connectivity index (χ1v) is 1.27. The van der Waals surface area contributed by atoms with E-state index in [1.54, 1.807) is 0 Å². The first-order chi connectivity index (χ1) is 1.41. The summed E-state index contributed by atoms with van der Waals surface area (Å²) >= 11 is -1.44. The van der Waals surface area contributed by atoms with Crippen molar-refractivity contribution in [3.63, 3.8) is 0 Å². The van der Waals surface area contributed by atoms with Gasteiger partial charge in [-0.05, 0) is 0 Å². The molecule has 6 heavy (non-hydrogen) atoms. The summed E-state index contributed by atoms with van der Waals surface area (Å²) in [4.78, 5) is 0. The molecule has 0 atom stereocenters. The van der Waals surface area contributed by atoms with Crippen molar-refractivity contribution < 1.29 is 22.5 Å². The third kappa shape index (κ3) is 47.5. The second kappa shape index (κ2) is 30.9. The number of halogens is 3. The molecule has 0 aliphatic rings. The van der Waals surface area contributed by atoms with Crippen molar-refractivity contribution >= 4 is 50.9 Å². The third-order valence-corrected chi connectivity index (χ3v) is 0. The summed E-state index contributed by atoms with van der Waals surface area (Å²) in [6.07, 6.45) is 0. The van der Waals surface area contributed by atoms with E-state index < -0.39 is 14.8 Å². The fourth-order valence-corrected chi connectivity index (χ4v) is 0. The molecule has 0 aromatic heterocycles. The Labute approximate surface area is 72.9 Å². The molecule has 0 bridgehead atoms. The van der Waals surface area contributed by atoms with Crippen LogP contribution in [0, 0.1) is 0 Å². The fourth-order valence-electron chi connectivity index (χ4n) is 0. The van der Waals surface area contributed by atoms with Crippen molar-refractivity contribution in [2.75, 3.05) is 0 Å². The van der Waals surface area contributed by atoms with Crippen LogP contribution in [0.15, 0.2) is 0 Å². The second-order valence-corrected chi connectivity index (χ2v) is 0.260. The molecule has 0 rings (SSSR count). The molecular formula is H3Br3MnO2. The van der Waals surface area contributed by atoms with Gasteiger partial charge in [-0.1, -0.05) is 0 Å². The molecule has 0 spiro atoms. The van der Waals surface area contributed by atoms with Crippen LogP contribution in [-0.2, 0) is 22.5 Å². The molecule has 0 aromatic rings. The Morgan fingerprint density at radius 3 is 0.833 bits per heavy atom. The number of hydrogen-bond acceptors (Lipinski definition) is 2. The number of rotatable bonds is 0. The van der Waals surface area contributed by atoms with Gasteiger partial charge in [0.2, 0.25) is 0 Å². The zero-order valence-corrected chi connectivity index (χ0v) is 8.74. The van der Waals surface area contributed by atoms with Gasteiger partial charge in [-0.15, -0.1) is 50.9 Å². The SMILES string of the molecule is Br.Br.Br.[O]=[Mn]=[O]. The van der Waals surface area contributed by atoms with E-state index in [9.17, 15) is 0 Å². The molecule has 6 heteroatoms. The van der Waals surface area contributed by atoms with Crippen molar-refractivity contribution in [2.45, 2.75) is 0 Å². The third-order valence-electron chi connectivity index (χ3n) is 0. The molecule has 0 aliphatic carbocycles. The molecular weight excluding hydrogens is 327 g/mol. The van der Waals surface area contributed by atoms with Crippen LogP contribution in [0.1, 0.15) is 0 Å². The molecule has 0 radical (unpaired) electrons. The van der Waals surface area contributed by atoms with Crippen molar-refractivity contribution in [3.8, 4) is 0 Å². The van der Waals surface area contributed by atoms with Crippen LogP contribution in [0.5, 0.6) is 0 Å². The normalized spacial score (nSPS) is 2.00. The van der Waals surface area contributed by atoms with Crippen LogP contribution in [0.25, 0.3) is 0 Å². The average Bonchev–Trinajstić information content (AvgIpc) is 0.918. The van der Waals surface area contributed by atoms with Crippen molar-refractivity contribution in [1.29, 1.82) is 0 Å². The van der Waals surface area contributed by atoms with Gasteiger partial charge in [-0.2, -0.15) is 0 Å². The Morgan fingerprint density at radius 1 is 0.833 bits per heavy atom. The quantitative estimate of drug-likeness (QED) is 0.631. The van der Waals surface area contributed by atoms with Crippen LogP contribution in [0.3, 0.4) is 0 Å². The molecule has 0 N–H and O–H groups in total. The monoisotopic (exact) mass is 327 g/mol. The van der Waals surface area contributed by atoms with Gasteiger partial charge in [0.15, 0.2) is 0 Å². The van der Waals surface area contributed by atoms with Crippen molar-refractivity contribution in [1.82, 2.24) is 0 Å². The summed E-state index contributed by atoms with van der Waals surface area (Å²) in [5.74, 6) is 0. The standard InChI is InChI=1S/3BrH.Mn.2O/h3*1H;;;. The van der Waals surface area contributed by atoms with Crippen LogP contribution in [-0.4, -0.2) is 0 Å². The van der Waals surface area contributed by atoms with E-state index in [-0.39, 0.29) is 50.9 Å². The first kappa shape index (κ1) is 25.7. The van der Waals surface area contributed by atoms with Gasteiger partial charge in [0.1, 0.15) is 0 Å². The molecule has 2 nitrogen and oxygen atoms in total. The zero-order chi connectivity index (χ0) is 2.71. The van der Waals surface area contributed by atoms with Crippen LogP contribution >= 0.6 is 50.9 Å². The van der Waals surface area contributed by atoms with E-state index in [0.29, 0.717) is 0 Å². The van der Waals surface area contributed by atoms with Crippen LogP contribution in [0.4, 0.5) is 0 Å². The topological polar surface area (TPSA) is 34.1 Å². The minimum absolute atomic E-state index is 0. The van der Waals surface area contributed by atoms with Crippen molar-refractivity contribution in [2.24, 2.45) is 0 Å². The summed E-state index contributed by atoms with van der Waals surface area (Å²) < 4.78 is 16.8. The van der Waals surface area contributed by atoms with Gasteiger partial charge in [-0.3, -0.25) is 0 Å². The summed E-state index contributed by atoms with van der Waals surface area (Å²) in [6, 6.07) is 0. The summed E-state index contributed by atoms with van der Waals surface area (Å²) in [7, 11) is 0. The van der Waals surface area contributed by atoms with Crippen LogP contribution in [0.2, 0.25) is 0 Å². The van der Waals surface area contributed by atoms with Crippen LogP contribution < -0.4 is 0 Å². The molecule has 0 aliphatic heterocycles. The fraction of sp³-hybridized carbons (Fsp3) is 0. The summed E-state index contributed by atoms with van der Waals surface area (Å²) in [5.41, 5.74) is 0. The predicted octanol–water partition coefficient (Wildman–Crippen LogP) is 1.49. The van der Waals surface area contributed by atoms with E-state index >= 15 is 0 Å². The molecule has 0 saturated carbocycles. The van der Waals surface area contributed by atoms with Gasteiger partial charge in [-0.25, -0.2) is 0 Å². The number of hydrogen-bond donors (Lipinski definition) is 0. The van der Waals surface area contributed by atoms with Gasteiger partial charge < -0.3 is 0 Å². The molecule has 0 unspecified atom stereocenters. The summed E-state index contributed by atoms with van der Waals surface area (Å²) in [5, 5.41) is 0. The van der Waals surface area contributed by atoms with Gasteiger partial charge >= 0.3 is 22.5 Å². The molecule has 43 valence electrons. The molecule has 0 amide bonds. The predicted molar refractivity (Wildman–Crippen MR) is 32.3 cm³/mol. The van der Waals surface area contributed by atoms with E-state index in [1.165, 1.54) is 0 Å². The maximum atomic E-state index is 8.41. The molecule has 0 heterocycles. The van der Waals surface area contributed by atoms with E-state index in [2.05, 4.69) is 0 Å². The minimum atomic E-state index is -1.44. The Hall–Kier alpha value is 1.56. The first-order valence-electron chi connectivity index (χ1n) is 0.309. The van der Waals surface area contributed by atoms with Crippen molar-refractivity contribution in [3.05, 3.63) is 0 Å². The zero-order valence-electron chi connectivity index (χ0n) is 2.42. The Morgan fingerprint density at radius 2 is 0.833 bits per heavy atom. The second-order valence-electron chi connectivity index (χ2n) is 0.0630. The summed E-state index contributed by atoms with van der Waals surface area (Å²) in [6.45, 7) is 0. The molecule has 0 aromatic carbocycles. The Kier molecular flexibility index (Phi) is 132. The maximum absolute atomic E-state index is 8.41. The van der Waals surface area contributed by atoms with E-state index in [4.69, 9.17) is 7.67 Å². The average molecular weight is 330 g/mol. The Balaban J connectivity index is -0.00000000667. The van der Waals surface area contributed by atoms with Gasteiger partial charge in [0.05, 0.1) is 0 Å².